The van der Waals surface area contributed by atoms with Crippen molar-refractivity contribution in [3.05, 3.63) is 45.8 Å². The predicted molar refractivity (Wildman–Crippen MR) is 103 cm³/mol. The number of benzene rings is 1. The highest BCUT2D eigenvalue weighted by atomic mass is 35.5. The number of hydrogen-bond acceptors (Lipinski definition) is 5. The first-order valence-electron chi connectivity index (χ1n) is 8.41. The molecule has 1 atom stereocenters. The Hall–Kier alpha value is -2.09. The smallest absolute Gasteiger partial charge is 0.260 e. The quantitative estimate of drug-likeness (QED) is 0.628. The summed E-state index contributed by atoms with van der Waals surface area (Å²) in [7, 11) is 0. The van der Waals surface area contributed by atoms with Crippen molar-refractivity contribution in [2.24, 2.45) is 5.92 Å². The van der Waals surface area contributed by atoms with Gasteiger partial charge in [-0.1, -0.05) is 11.6 Å². The highest BCUT2D eigenvalue weighted by molar-refractivity contribution is 7.14. The van der Waals surface area contributed by atoms with E-state index in [-0.39, 0.29) is 17.2 Å². The highest BCUT2D eigenvalue weighted by Crippen LogP contribution is 2.27. The van der Waals surface area contributed by atoms with Crippen molar-refractivity contribution in [1.29, 1.82) is 0 Å². The van der Waals surface area contributed by atoms with Crippen molar-refractivity contribution < 1.29 is 14.7 Å². The topological polar surface area (TPSA) is 90.5 Å². The van der Waals surface area contributed by atoms with Gasteiger partial charge in [0.15, 0.2) is 0 Å². The number of anilines is 1. The van der Waals surface area contributed by atoms with Crippen LogP contribution in [-0.2, 0) is 0 Å². The molecule has 6 nitrogen and oxygen atoms in total. The van der Waals surface area contributed by atoms with Crippen LogP contribution in [0.1, 0.15) is 33.6 Å². The normalized spacial score (nSPS) is 16.9. The second-order valence-electron chi connectivity index (χ2n) is 6.20. The molecule has 1 aromatic carbocycles. The first-order valence-corrected chi connectivity index (χ1v) is 9.66. The number of nitrogens with one attached hydrogen (secondary N) is 3. The van der Waals surface area contributed by atoms with Gasteiger partial charge < -0.3 is 21.1 Å². The number of hydrogen-bond donors (Lipinski definition) is 4. The van der Waals surface area contributed by atoms with Crippen LogP contribution in [0.3, 0.4) is 0 Å². The second-order valence-corrected chi connectivity index (χ2v) is 7.55. The molecule has 2 amide bonds. The Morgan fingerprint density at radius 3 is 2.85 bits per heavy atom. The summed E-state index contributed by atoms with van der Waals surface area (Å²) in [5.41, 5.74) is 0.517. The van der Waals surface area contributed by atoms with Gasteiger partial charge >= 0.3 is 0 Å². The molecule has 0 saturated carbocycles. The van der Waals surface area contributed by atoms with Crippen molar-refractivity contribution >= 4 is 39.8 Å². The summed E-state index contributed by atoms with van der Waals surface area (Å²) in [5, 5.41) is 21.3. The zero-order chi connectivity index (χ0) is 18.5. The van der Waals surface area contributed by atoms with Crippen molar-refractivity contribution in [1.82, 2.24) is 10.6 Å². The van der Waals surface area contributed by atoms with E-state index in [9.17, 15) is 14.7 Å². The molecule has 2 heterocycles. The number of carbonyl (C=O) groups is 2. The molecule has 1 fully saturated rings. The van der Waals surface area contributed by atoms with Crippen LogP contribution < -0.4 is 16.0 Å². The van der Waals surface area contributed by atoms with E-state index in [4.69, 9.17) is 11.6 Å². The third-order valence-corrected chi connectivity index (χ3v) is 5.36. The number of rotatable bonds is 5. The SMILES string of the molecule is O=C(Nc1sccc1C(=O)NCC1CCCNC1)c1ccc(Cl)cc1O. The number of carbonyl (C=O) groups excluding carboxylic acids is 2. The molecule has 0 spiro atoms. The van der Waals surface area contributed by atoms with Gasteiger partial charge in [-0.25, -0.2) is 0 Å². The Kier molecular flexibility index (Phi) is 6.13. The molecule has 0 aliphatic carbocycles. The highest BCUT2D eigenvalue weighted by Gasteiger charge is 2.19. The molecule has 138 valence electrons. The first kappa shape index (κ1) is 18.7. The van der Waals surface area contributed by atoms with E-state index >= 15 is 0 Å². The third-order valence-electron chi connectivity index (χ3n) is 4.29. The lowest BCUT2D eigenvalue weighted by atomic mass is 10.00. The number of aromatic hydroxyl groups is 1. The van der Waals surface area contributed by atoms with Gasteiger partial charge in [-0.05, 0) is 61.5 Å². The standard InChI is InChI=1S/C18H20ClN3O3S/c19-12-3-4-13(15(23)8-12)17(25)22-18-14(5-7-26-18)16(24)21-10-11-2-1-6-20-9-11/h3-5,7-8,11,20,23H,1-2,6,9-10H2,(H,21,24)(H,22,25). The van der Waals surface area contributed by atoms with Crippen LogP contribution in [0.4, 0.5) is 5.00 Å². The zero-order valence-electron chi connectivity index (χ0n) is 14.0. The van der Waals surface area contributed by atoms with Crippen molar-refractivity contribution in [3.63, 3.8) is 0 Å². The summed E-state index contributed by atoms with van der Waals surface area (Å²) in [5.74, 6) is -0.489. The predicted octanol–water partition coefficient (Wildman–Crippen LogP) is 3.09. The Labute approximate surface area is 160 Å². The maximum absolute atomic E-state index is 12.5. The number of phenols is 1. The molecule has 0 radical (unpaired) electrons. The third kappa shape index (κ3) is 4.55. The van der Waals surface area contributed by atoms with Gasteiger partial charge in [0.1, 0.15) is 10.8 Å². The van der Waals surface area contributed by atoms with E-state index in [0.717, 1.165) is 25.9 Å². The Morgan fingerprint density at radius 2 is 2.12 bits per heavy atom. The van der Waals surface area contributed by atoms with Gasteiger partial charge in [-0.2, -0.15) is 0 Å². The number of amides is 2. The Balaban J connectivity index is 1.63. The lowest BCUT2D eigenvalue weighted by Gasteiger charge is -2.22. The molecule has 1 saturated heterocycles. The van der Waals surface area contributed by atoms with E-state index in [0.29, 0.717) is 28.0 Å². The van der Waals surface area contributed by atoms with Crippen molar-refractivity contribution in [2.45, 2.75) is 12.8 Å². The lowest BCUT2D eigenvalue weighted by molar-refractivity contribution is 0.0946. The van der Waals surface area contributed by atoms with E-state index in [1.807, 2.05) is 0 Å². The van der Waals surface area contributed by atoms with E-state index in [1.54, 1.807) is 11.4 Å². The fourth-order valence-corrected chi connectivity index (χ4v) is 3.83. The number of halogens is 1. The molecule has 26 heavy (non-hydrogen) atoms. The maximum atomic E-state index is 12.5. The van der Waals surface area contributed by atoms with Gasteiger partial charge in [0, 0.05) is 11.6 Å². The van der Waals surface area contributed by atoms with Gasteiger partial charge in [0.2, 0.25) is 0 Å². The summed E-state index contributed by atoms with van der Waals surface area (Å²) in [6.45, 7) is 2.54. The van der Waals surface area contributed by atoms with Crippen LogP contribution in [0, 0.1) is 5.92 Å². The molecule has 1 aliphatic heterocycles. The average Bonchev–Trinajstić information content (AvgIpc) is 3.08. The monoisotopic (exact) mass is 393 g/mol. The minimum Gasteiger partial charge on any atom is -0.507 e. The van der Waals surface area contributed by atoms with E-state index in [2.05, 4.69) is 16.0 Å². The van der Waals surface area contributed by atoms with Crippen molar-refractivity contribution in [3.8, 4) is 5.75 Å². The summed E-state index contributed by atoms with van der Waals surface area (Å²) >= 11 is 7.04. The molecule has 1 aromatic heterocycles. The molecular formula is C18H20ClN3O3S. The Morgan fingerprint density at radius 1 is 1.27 bits per heavy atom. The molecule has 1 unspecified atom stereocenters. The molecular weight excluding hydrogens is 374 g/mol. The lowest BCUT2D eigenvalue weighted by Crippen LogP contribution is -2.38. The average molecular weight is 394 g/mol. The van der Waals surface area contributed by atoms with Crippen LogP contribution in [0.2, 0.25) is 5.02 Å². The molecule has 8 heteroatoms. The summed E-state index contributed by atoms with van der Waals surface area (Å²) in [6, 6.07) is 5.94. The number of thiophene rings is 1. The minimum atomic E-state index is -0.493. The fourth-order valence-electron chi connectivity index (χ4n) is 2.88. The summed E-state index contributed by atoms with van der Waals surface area (Å²) < 4.78 is 0. The largest absolute Gasteiger partial charge is 0.507 e. The van der Waals surface area contributed by atoms with Crippen LogP contribution >= 0.6 is 22.9 Å². The van der Waals surface area contributed by atoms with Crippen LogP contribution in [0.5, 0.6) is 5.75 Å². The van der Waals surface area contributed by atoms with Crippen LogP contribution in [-0.4, -0.2) is 36.6 Å². The van der Waals surface area contributed by atoms with Gasteiger partial charge in [-0.15, -0.1) is 11.3 Å². The van der Waals surface area contributed by atoms with Gasteiger partial charge in [0.25, 0.3) is 11.8 Å². The van der Waals surface area contributed by atoms with Crippen molar-refractivity contribution in [2.75, 3.05) is 25.0 Å². The first-order chi connectivity index (χ1) is 12.5. The van der Waals surface area contributed by atoms with E-state index in [1.165, 1.54) is 29.5 Å². The summed E-state index contributed by atoms with van der Waals surface area (Å²) in [6.07, 6.45) is 2.21. The molecule has 4 N–H and O–H groups in total. The summed E-state index contributed by atoms with van der Waals surface area (Å²) in [4.78, 5) is 24.8. The molecule has 0 bridgehead atoms. The second kappa shape index (κ2) is 8.53. The minimum absolute atomic E-state index is 0.0995. The van der Waals surface area contributed by atoms with Crippen LogP contribution in [0.15, 0.2) is 29.6 Å². The zero-order valence-corrected chi connectivity index (χ0v) is 15.6. The maximum Gasteiger partial charge on any atom is 0.260 e. The Bertz CT molecular complexity index is 803. The molecule has 3 rings (SSSR count). The fraction of sp³-hybridized carbons (Fsp3) is 0.333. The molecule has 2 aromatic rings. The van der Waals surface area contributed by atoms with Gasteiger partial charge in [0.05, 0.1) is 11.1 Å². The molecule has 1 aliphatic rings. The number of phenolic OH excluding ortho intramolecular Hbond substituents is 1. The van der Waals surface area contributed by atoms with Crippen LogP contribution in [0.25, 0.3) is 0 Å². The van der Waals surface area contributed by atoms with E-state index < -0.39 is 5.91 Å². The number of piperidine rings is 1. The van der Waals surface area contributed by atoms with Gasteiger partial charge in [-0.3, -0.25) is 9.59 Å².